The molecule has 7 nitrogen and oxygen atoms in total. The molecule has 0 aliphatic carbocycles. The molecule has 0 spiro atoms. The third-order valence-electron chi connectivity index (χ3n) is 2.45. The minimum Gasteiger partial charge on any atom is -0.459 e. The number of rotatable bonds is 6. The fourth-order valence-electron chi connectivity index (χ4n) is 1.63. The molecule has 0 bridgehead atoms. The molecule has 0 aliphatic rings. The first-order valence-corrected chi connectivity index (χ1v) is 6.94. The van der Waals surface area contributed by atoms with Crippen molar-refractivity contribution in [1.82, 2.24) is 4.98 Å². The van der Waals surface area contributed by atoms with Crippen LogP contribution >= 0.6 is 0 Å². The average molecular weight is 309 g/mol. The third kappa shape index (κ3) is 6.43. The predicted octanol–water partition coefficient (Wildman–Crippen LogP) is 1.79. The van der Waals surface area contributed by atoms with Crippen LogP contribution in [0.5, 0.6) is 0 Å². The van der Waals surface area contributed by atoms with Crippen molar-refractivity contribution in [3.05, 3.63) is 18.3 Å². The van der Waals surface area contributed by atoms with Crippen LogP contribution in [0.25, 0.3) is 0 Å². The molecule has 0 atom stereocenters. The van der Waals surface area contributed by atoms with E-state index in [-0.39, 0.29) is 25.2 Å². The number of carbonyl (C=O) groups excluding carboxylic acids is 2. The predicted molar refractivity (Wildman–Crippen MR) is 83.6 cm³/mol. The Labute approximate surface area is 130 Å². The molecule has 1 aromatic heterocycles. The summed E-state index contributed by atoms with van der Waals surface area (Å²) in [7, 11) is 1.74. The van der Waals surface area contributed by atoms with E-state index in [9.17, 15) is 9.59 Å². The Bertz CT molecular complexity index is 526. The second-order valence-corrected chi connectivity index (χ2v) is 5.78. The Morgan fingerprint density at radius 3 is 2.64 bits per heavy atom. The molecular weight excluding hydrogens is 286 g/mol. The number of ether oxygens (including phenoxy) is 2. The molecule has 0 aromatic carbocycles. The minimum absolute atomic E-state index is 0.0252. The van der Waals surface area contributed by atoms with Gasteiger partial charge in [-0.3, -0.25) is 9.59 Å². The summed E-state index contributed by atoms with van der Waals surface area (Å²) in [6.07, 6.45) is 1.62. The first-order valence-electron chi connectivity index (χ1n) is 6.94. The van der Waals surface area contributed by atoms with Crippen LogP contribution in [0.3, 0.4) is 0 Å². The Morgan fingerprint density at radius 1 is 1.36 bits per heavy atom. The SMILES string of the molecule is CC(=O)OCN(C)c1ncccc1NCC(=O)OC(C)(C)C. The average Bonchev–Trinajstić information content (AvgIpc) is 2.41. The van der Waals surface area contributed by atoms with Gasteiger partial charge >= 0.3 is 11.9 Å². The first kappa shape index (κ1) is 17.7. The van der Waals surface area contributed by atoms with Crippen LogP contribution in [0.2, 0.25) is 0 Å². The van der Waals surface area contributed by atoms with Gasteiger partial charge in [0.1, 0.15) is 12.1 Å². The van der Waals surface area contributed by atoms with Gasteiger partial charge in [-0.1, -0.05) is 0 Å². The largest absolute Gasteiger partial charge is 0.459 e. The third-order valence-corrected chi connectivity index (χ3v) is 2.45. The highest BCUT2D eigenvalue weighted by molar-refractivity contribution is 5.77. The van der Waals surface area contributed by atoms with E-state index in [0.29, 0.717) is 11.5 Å². The summed E-state index contributed by atoms with van der Waals surface area (Å²) >= 11 is 0. The van der Waals surface area contributed by atoms with Gasteiger partial charge in [0.05, 0.1) is 5.69 Å². The van der Waals surface area contributed by atoms with Crippen molar-refractivity contribution >= 4 is 23.4 Å². The monoisotopic (exact) mass is 309 g/mol. The maximum atomic E-state index is 11.7. The number of carbonyl (C=O) groups is 2. The van der Waals surface area contributed by atoms with E-state index in [4.69, 9.17) is 9.47 Å². The van der Waals surface area contributed by atoms with Crippen LogP contribution in [-0.2, 0) is 19.1 Å². The van der Waals surface area contributed by atoms with Crippen LogP contribution in [0.4, 0.5) is 11.5 Å². The molecule has 0 saturated heterocycles. The van der Waals surface area contributed by atoms with E-state index < -0.39 is 5.60 Å². The number of nitrogens with zero attached hydrogens (tertiary/aromatic N) is 2. The summed E-state index contributed by atoms with van der Waals surface area (Å²) in [6, 6.07) is 3.54. The summed E-state index contributed by atoms with van der Waals surface area (Å²) in [6.45, 7) is 6.88. The van der Waals surface area contributed by atoms with Gasteiger partial charge < -0.3 is 19.7 Å². The topological polar surface area (TPSA) is 80.8 Å². The number of pyridine rings is 1. The van der Waals surface area contributed by atoms with Crippen LogP contribution in [-0.4, -0.2) is 42.8 Å². The molecule has 0 aliphatic heterocycles. The van der Waals surface area contributed by atoms with E-state index in [2.05, 4.69) is 10.3 Å². The summed E-state index contributed by atoms with van der Waals surface area (Å²) in [4.78, 5) is 28.5. The molecule has 1 rings (SSSR count). The number of hydrogen-bond acceptors (Lipinski definition) is 7. The molecular formula is C15H23N3O4. The van der Waals surface area contributed by atoms with Gasteiger partial charge in [0.2, 0.25) is 0 Å². The van der Waals surface area contributed by atoms with Crippen molar-refractivity contribution in [2.75, 3.05) is 30.5 Å². The summed E-state index contributed by atoms with van der Waals surface area (Å²) < 4.78 is 10.2. The van der Waals surface area contributed by atoms with E-state index in [1.165, 1.54) is 6.92 Å². The molecule has 0 fully saturated rings. The van der Waals surface area contributed by atoms with E-state index in [1.54, 1.807) is 30.3 Å². The van der Waals surface area contributed by atoms with Crippen LogP contribution in [0.1, 0.15) is 27.7 Å². The van der Waals surface area contributed by atoms with Gasteiger partial charge in [0.25, 0.3) is 0 Å². The first-order chi connectivity index (χ1) is 10.2. The summed E-state index contributed by atoms with van der Waals surface area (Å²) in [5, 5.41) is 2.98. The van der Waals surface area contributed by atoms with Crippen LogP contribution < -0.4 is 10.2 Å². The molecule has 7 heteroatoms. The number of anilines is 2. The van der Waals surface area contributed by atoms with Crippen LogP contribution in [0, 0.1) is 0 Å². The second kappa shape index (κ2) is 7.63. The fourth-order valence-corrected chi connectivity index (χ4v) is 1.63. The fraction of sp³-hybridized carbons (Fsp3) is 0.533. The quantitative estimate of drug-likeness (QED) is 0.634. The molecule has 0 radical (unpaired) electrons. The highest BCUT2D eigenvalue weighted by atomic mass is 16.6. The van der Waals surface area contributed by atoms with E-state index in [0.717, 1.165) is 0 Å². The number of esters is 2. The molecule has 1 aromatic rings. The highest BCUT2D eigenvalue weighted by Crippen LogP contribution is 2.21. The summed E-state index contributed by atoms with van der Waals surface area (Å²) in [5.41, 5.74) is 0.130. The Kier molecular flexibility index (Phi) is 6.15. The summed E-state index contributed by atoms with van der Waals surface area (Å²) in [5.74, 6) is -0.150. The standard InChI is InChI=1S/C15H23N3O4/c1-11(19)21-10-18(5)14-12(7-6-8-16-14)17-9-13(20)22-15(2,3)4/h6-8,17H,9-10H2,1-5H3. The lowest BCUT2D eigenvalue weighted by Gasteiger charge is -2.22. The van der Waals surface area contributed by atoms with Gasteiger partial charge in [-0.05, 0) is 32.9 Å². The van der Waals surface area contributed by atoms with Gasteiger partial charge in [-0.15, -0.1) is 0 Å². The van der Waals surface area contributed by atoms with E-state index >= 15 is 0 Å². The van der Waals surface area contributed by atoms with Gasteiger partial charge in [-0.25, -0.2) is 4.98 Å². The maximum Gasteiger partial charge on any atom is 0.325 e. The zero-order chi connectivity index (χ0) is 16.8. The molecule has 22 heavy (non-hydrogen) atoms. The Hall–Kier alpha value is -2.31. The zero-order valence-electron chi connectivity index (χ0n) is 13.7. The van der Waals surface area contributed by atoms with Crippen molar-refractivity contribution in [2.24, 2.45) is 0 Å². The molecule has 1 N–H and O–H groups in total. The number of nitrogens with one attached hydrogen (secondary N) is 1. The lowest BCUT2D eigenvalue weighted by atomic mass is 10.2. The zero-order valence-corrected chi connectivity index (χ0v) is 13.7. The van der Waals surface area contributed by atoms with E-state index in [1.807, 2.05) is 20.8 Å². The number of aromatic nitrogens is 1. The second-order valence-electron chi connectivity index (χ2n) is 5.78. The van der Waals surface area contributed by atoms with Gasteiger partial charge in [-0.2, -0.15) is 0 Å². The van der Waals surface area contributed by atoms with Crippen molar-refractivity contribution in [2.45, 2.75) is 33.3 Å². The van der Waals surface area contributed by atoms with Crippen molar-refractivity contribution in [3.63, 3.8) is 0 Å². The van der Waals surface area contributed by atoms with Crippen molar-refractivity contribution in [3.8, 4) is 0 Å². The lowest BCUT2D eigenvalue weighted by molar-refractivity contribution is -0.152. The van der Waals surface area contributed by atoms with Crippen molar-refractivity contribution in [1.29, 1.82) is 0 Å². The highest BCUT2D eigenvalue weighted by Gasteiger charge is 2.17. The Morgan fingerprint density at radius 2 is 2.05 bits per heavy atom. The molecule has 0 unspecified atom stereocenters. The molecule has 0 saturated carbocycles. The Balaban J connectivity index is 2.67. The number of hydrogen-bond donors (Lipinski definition) is 1. The minimum atomic E-state index is -0.525. The molecule has 0 amide bonds. The lowest BCUT2D eigenvalue weighted by Crippen LogP contribution is -2.29. The van der Waals surface area contributed by atoms with Crippen molar-refractivity contribution < 1.29 is 19.1 Å². The molecule has 122 valence electrons. The van der Waals surface area contributed by atoms with Crippen LogP contribution in [0.15, 0.2) is 18.3 Å². The van der Waals surface area contributed by atoms with Gasteiger partial charge in [0, 0.05) is 20.2 Å². The molecule has 1 heterocycles. The maximum absolute atomic E-state index is 11.7. The van der Waals surface area contributed by atoms with Gasteiger partial charge in [0.15, 0.2) is 12.5 Å². The normalized spacial score (nSPS) is 10.8. The smallest absolute Gasteiger partial charge is 0.325 e.